The average molecular weight is 616 g/mol. The molecule has 4 heterocycles. The number of carbonyl (C=O) groups is 2. The van der Waals surface area contributed by atoms with E-state index in [1.165, 1.54) is 44.2 Å². The monoisotopic (exact) mass is 615 g/mol. The minimum absolute atomic E-state index is 0.0278. The van der Waals surface area contributed by atoms with Gasteiger partial charge in [-0.2, -0.15) is 5.10 Å². The van der Waals surface area contributed by atoms with Gasteiger partial charge >= 0.3 is 0 Å². The number of fused-ring (bicyclic) bond motifs is 3. The lowest BCUT2D eigenvalue weighted by Gasteiger charge is -2.34. The van der Waals surface area contributed by atoms with Crippen LogP contribution in [0, 0.1) is 5.92 Å². The van der Waals surface area contributed by atoms with Crippen LogP contribution in [0.1, 0.15) is 56.7 Å². The molecule has 0 unspecified atom stereocenters. The third kappa shape index (κ3) is 5.59. The van der Waals surface area contributed by atoms with E-state index in [4.69, 9.17) is 21.7 Å². The predicted octanol–water partition coefficient (Wildman–Crippen LogP) is 6.36. The van der Waals surface area contributed by atoms with E-state index in [0.717, 1.165) is 71.6 Å². The molecule has 1 saturated carbocycles. The Kier molecular flexibility index (Phi) is 7.75. The van der Waals surface area contributed by atoms with E-state index in [1.54, 1.807) is 6.20 Å². The van der Waals surface area contributed by atoms with Crippen LogP contribution in [0.2, 0.25) is 5.02 Å². The number of hydrogen-bond acceptors (Lipinski definition) is 7. The van der Waals surface area contributed by atoms with Gasteiger partial charge in [0.1, 0.15) is 0 Å². The third-order valence-corrected chi connectivity index (χ3v) is 10.2. The van der Waals surface area contributed by atoms with Gasteiger partial charge in [-0.05, 0) is 94.8 Å². The molecular formula is C32H34ClN7O2S. The van der Waals surface area contributed by atoms with Crippen molar-refractivity contribution < 1.29 is 9.59 Å². The number of aromatic nitrogens is 4. The van der Waals surface area contributed by atoms with Crippen LogP contribution in [-0.4, -0.2) is 55.6 Å². The molecule has 0 bridgehead atoms. The Hall–Kier alpha value is -3.60. The van der Waals surface area contributed by atoms with Crippen molar-refractivity contribution in [1.29, 1.82) is 0 Å². The first-order valence-corrected chi connectivity index (χ1v) is 16.3. The average Bonchev–Trinajstić information content (AvgIpc) is 3.76. The summed E-state index contributed by atoms with van der Waals surface area (Å²) in [6.45, 7) is 3.89. The summed E-state index contributed by atoms with van der Waals surface area (Å²) >= 11 is 8.37. The molecule has 1 aliphatic heterocycles. The summed E-state index contributed by atoms with van der Waals surface area (Å²) in [5.41, 5.74) is 6.10. The number of hydrogen-bond donors (Lipinski definition) is 2. The van der Waals surface area contributed by atoms with Crippen LogP contribution < -0.4 is 10.6 Å². The summed E-state index contributed by atoms with van der Waals surface area (Å²) in [6.07, 6.45) is 11.7. The Bertz CT molecular complexity index is 1670. The summed E-state index contributed by atoms with van der Waals surface area (Å²) in [5.74, 6) is -0.0601. The van der Waals surface area contributed by atoms with Crippen molar-refractivity contribution in [3.63, 3.8) is 0 Å². The molecule has 0 atom stereocenters. The number of nitrogens with zero attached hydrogens (tertiary/aromatic N) is 5. The lowest BCUT2D eigenvalue weighted by Crippen LogP contribution is -2.38. The van der Waals surface area contributed by atoms with Crippen LogP contribution in [0.15, 0.2) is 42.7 Å². The third-order valence-electron chi connectivity index (χ3n) is 8.89. The maximum absolute atomic E-state index is 13.2. The summed E-state index contributed by atoms with van der Waals surface area (Å²) in [6, 6.07) is 10.1. The van der Waals surface area contributed by atoms with Gasteiger partial charge in [-0.3, -0.25) is 14.6 Å². The van der Waals surface area contributed by atoms with E-state index in [-0.39, 0.29) is 17.7 Å². The minimum atomic E-state index is -0.156. The van der Waals surface area contributed by atoms with Gasteiger partial charge in [0.15, 0.2) is 5.13 Å². The Morgan fingerprint density at radius 2 is 1.86 bits per heavy atom. The fourth-order valence-corrected chi connectivity index (χ4v) is 8.17. The summed E-state index contributed by atoms with van der Waals surface area (Å²) in [5, 5.41) is 12.1. The molecule has 3 aromatic heterocycles. The molecule has 43 heavy (non-hydrogen) atoms. The predicted molar refractivity (Wildman–Crippen MR) is 170 cm³/mol. The van der Waals surface area contributed by atoms with Gasteiger partial charge in [-0.1, -0.05) is 22.9 Å². The van der Waals surface area contributed by atoms with Gasteiger partial charge in [0.2, 0.25) is 11.8 Å². The van der Waals surface area contributed by atoms with Crippen LogP contribution in [0.4, 0.5) is 10.8 Å². The summed E-state index contributed by atoms with van der Waals surface area (Å²) in [4.78, 5) is 37.5. The van der Waals surface area contributed by atoms with Crippen LogP contribution in [0.25, 0.3) is 27.5 Å². The van der Waals surface area contributed by atoms with Gasteiger partial charge in [0, 0.05) is 48.1 Å². The maximum atomic E-state index is 13.2. The fourth-order valence-electron chi connectivity index (χ4n) is 6.79. The molecule has 2 fully saturated rings. The quantitative estimate of drug-likeness (QED) is 0.261. The van der Waals surface area contributed by atoms with Crippen molar-refractivity contribution >= 4 is 45.6 Å². The standard InChI is InChI=1S/C32H34ClN7O2S/c1-19(41)35-32-37-26-12-11-24-28(21-5-4-14-34-18-21)38-40(29(24)30(26)43-32)27-13-8-22(17-25(27)33)36-31(42)20-6-9-23(10-7-20)39-15-2-3-16-39/h4-5,8,13-14,17-18,20,23H,2-3,6-7,9-12,15-16H2,1H3,(H,36,42)(H,35,37,41)/t20-,23+. The van der Waals surface area contributed by atoms with E-state index >= 15 is 0 Å². The van der Waals surface area contributed by atoms with E-state index in [2.05, 4.69) is 20.5 Å². The molecule has 1 saturated heterocycles. The molecule has 2 amide bonds. The molecule has 3 aliphatic rings. The molecule has 2 aliphatic carbocycles. The number of likely N-dealkylation sites (tertiary alicyclic amines) is 1. The first-order chi connectivity index (χ1) is 20.9. The fraction of sp³-hybridized carbons (Fsp3) is 0.406. The van der Waals surface area contributed by atoms with Crippen molar-refractivity contribution in [1.82, 2.24) is 24.6 Å². The van der Waals surface area contributed by atoms with Crippen LogP contribution in [0.3, 0.4) is 0 Å². The highest BCUT2D eigenvalue weighted by Gasteiger charge is 2.32. The molecule has 0 spiro atoms. The van der Waals surface area contributed by atoms with Crippen LogP contribution in [-0.2, 0) is 22.4 Å². The Morgan fingerprint density at radius 3 is 2.58 bits per heavy atom. The normalized spacial score (nSPS) is 20.0. The number of pyridine rings is 1. The van der Waals surface area contributed by atoms with Gasteiger partial charge in [-0.15, -0.1) is 0 Å². The molecule has 9 nitrogen and oxygen atoms in total. The number of aryl methyl sites for hydroxylation is 1. The second kappa shape index (κ2) is 11.8. The second-order valence-corrected chi connectivity index (χ2v) is 13.1. The molecule has 0 radical (unpaired) electrons. The SMILES string of the molecule is CC(=O)Nc1nc2c(s1)-c1c(c(-c3cccnc3)nn1-c1ccc(NC(=O)[C@H]3CC[C@@H](N4CCCC4)CC3)cc1Cl)CC2. The second-order valence-electron chi connectivity index (χ2n) is 11.7. The smallest absolute Gasteiger partial charge is 0.227 e. The first kappa shape index (κ1) is 28.2. The molecular weight excluding hydrogens is 582 g/mol. The zero-order chi connectivity index (χ0) is 29.5. The topological polar surface area (TPSA) is 105 Å². The van der Waals surface area contributed by atoms with Crippen molar-refractivity contribution in [2.45, 2.75) is 64.3 Å². The highest BCUT2D eigenvalue weighted by atomic mass is 35.5. The van der Waals surface area contributed by atoms with Gasteiger partial charge in [-0.25, -0.2) is 9.67 Å². The van der Waals surface area contributed by atoms with Crippen molar-refractivity contribution in [3.8, 4) is 27.5 Å². The summed E-state index contributed by atoms with van der Waals surface area (Å²) in [7, 11) is 0. The number of amides is 2. The number of thiazole rings is 1. The van der Waals surface area contributed by atoms with Crippen molar-refractivity contribution in [3.05, 3.63) is 59.0 Å². The lowest BCUT2D eigenvalue weighted by atomic mass is 9.85. The highest BCUT2D eigenvalue weighted by Crippen LogP contribution is 2.45. The van der Waals surface area contributed by atoms with Crippen molar-refractivity contribution in [2.75, 3.05) is 23.7 Å². The summed E-state index contributed by atoms with van der Waals surface area (Å²) < 4.78 is 1.87. The van der Waals surface area contributed by atoms with Gasteiger partial charge in [0.05, 0.1) is 32.7 Å². The molecule has 7 rings (SSSR count). The number of nitrogens with one attached hydrogen (secondary N) is 2. The van der Waals surface area contributed by atoms with Crippen LogP contribution in [0.5, 0.6) is 0 Å². The minimum Gasteiger partial charge on any atom is -0.326 e. The van der Waals surface area contributed by atoms with E-state index < -0.39 is 0 Å². The number of anilines is 2. The molecule has 4 aromatic rings. The maximum Gasteiger partial charge on any atom is 0.227 e. The largest absolute Gasteiger partial charge is 0.326 e. The van der Waals surface area contributed by atoms with Gasteiger partial charge in [0.25, 0.3) is 0 Å². The Morgan fingerprint density at radius 1 is 1.05 bits per heavy atom. The van der Waals surface area contributed by atoms with Gasteiger partial charge < -0.3 is 15.5 Å². The van der Waals surface area contributed by atoms with Crippen molar-refractivity contribution in [2.24, 2.45) is 5.92 Å². The molecule has 11 heteroatoms. The van der Waals surface area contributed by atoms with E-state index in [9.17, 15) is 9.59 Å². The first-order valence-electron chi connectivity index (χ1n) is 15.1. The van der Waals surface area contributed by atoms with E-state index in [1.807, 2.05) is 41.2 Å². The number of halogens is 1. The Balaban J connectivity index is 1.17. The lowest BCUT2D eigenvalue weighted by molar-refractivity contribution is -0.121. The Labute approximate surface area is 259 Å². The molecule has 2 N–H and O–H groups in total. The zero-order valence-corrected chi connectivity index (χ0v) is 25.7. The molecule has 1 aromatic carbocycles. The highest BCUT2D eigenvalue weighted by molar-refractivity contribution is 7.19. The number of carbonyl (C=O) groups excluding carboxylic acids is 2. The van der Waals surface area contributed by atoms with E-state index in [0.29, 0.717) is 27.6 Å². The number of rotatable bonds is 6. The zero-order valence-electron chi connectivity index (χ0n) is 24.1. The number of benzene rings is 1. The van der Waals surface area contributed by atoms with Crippen LogP contribution >= 0.6 is 22.9 Å². The molecule has 222 valence electrons.